The minimum Gasteiger partial charge on any atom is -0.491 e. The molecular weight excluding hydrogens is 388 g/mol. The molecule has 154 valence electrons. The lowest BCUT2D eigenvalue weighted by Crippen LogP contribution is -2.12. The highest BCUT2D eigenvalue weighted by Crippen LogP contribution is 2.28. The van der Waals surface area contributed by atoms with E-state index in [-0.39, 0.29) is 0 Å². The summed E-state index contributed by atoms with van der Waals surface area (Å²) < 4.78 is 8.57. The Bertz CT molecular complexity index is 1120. The lowest BCUT2D eigenvalue weighted by Gasteiger charge is -2.16. The van der Waals surface area contributed by atoms with Crippen LogP contribution >= 0.6 is 11.8 Å². The molecule has 3 aromatic carbocycles. The number of nitrogens with zero attached hydrogens (tertiary/aromatic N) is 2. The van der Waals surface area contributed by atoms with Crippen molar-refractivity contribution in [2.75, 3.05) is 6.61 Å². The number of imidazole rings is 1. The smallest absolute Gasteiger partial charge is 0.123 e. The average molecular weight is 417 g/mol. The van der Waals surface area contributed by atoms with Crippen LogP contribution in [0.5, 0.6) is 5.75 Å². The van der Waals surface area contributed by atoms with Crippen molar-refractivity contribution < 1.29 is 4.74 Å². The molecule has 0 N–H and O–H groups in total. The van der Waals surface area contributed by atoms with Crippen molar-refractivity contribution in [1.82, 2.24) is 9.55 Å². The molecule has 4 aromatic rings. The van der Waals surface area contributed by atoms with Crippen LogP contribution in [0.15, 0.2) is 77.7 Å². The number of hydrogen-bond acceptors (Lipinski definition) is 3. The summed E-state index contributed by atoms with van der Waals surface area (Å²) in [6.07, 6.45) is 0. The van der Waals surface area contributed by atoms with Crippen LogP contribution in [-0.4, -0.2) is 16.2 Å². The molecule has 0 aliphatic rings. The number of thioether (sulfide) groups is 1. The number of rotatable bonds is 8. The Hall–Kier alpha value is -2.72. The molecule has 0 aliphatic heterocycles. The Morgan fingerprint density at radius 1 is 0.967 bits per heavy atom. The van der Waals surface area contributed by atoms with Crippen molar-refractivity contribution in [1.29, 1.82) is 0 Å². The molecule has 0 aliphatic carbocycles. The van der Waals surface area contributed by atoms with Gasteiger partial charge < -0.3 is 9.30 Å². The largest absolute Gasteiger partial charge is 0.491 e. The first kappa shape index (κ1) is 20.5. The predicted octanol–water partition coefficient (Wildman–Crippen LogP) is 6.84. The first-order chi connectivity index (χ1) is 14.6. The normalized spacial score (nSPS) is 11.3. The third kappa shape index (κ3) is 4.71. The van der Waals surface area contributed by atoms with Gasteiger partial charge in [0.15, 0.2) is 0 Å². The maximum absolute atomic E-state index is 6.26. The topological polar surface area (TPSA) is 27.1 Å². The minimum absolute atomic E-state index is 0.438. The van der Waals surface area contributed by atoms with Crippen molar-refractivity contribution >= 4 is 22.8 Å². The highest BCUT2D eigenvalue weighted by atomic mass is 32.2. The fourth-order valence-electron chi connectivity index (χ4n) is 3.64. The summed E-state index contributed by atoms with van der Waals surface area (Å²) in [6, 6.07) is 25.3. The molecule has 3 nitrogen and oxygen atoms in total. The monoisotopic (exact) mass is 416 g/mol. The van der Waals surface area contributed by atoms with Crippen LogP contribution in [0.4, 0.5) is 0 Å². The van der Waals surface area contributed by atoms with Crippen LogP contribution in [0, 0.1) is 6.92 Å². The van der Waals surface area contributed by atoms with Gasteiger partial charge in [-0.3, -0.25) is 0 Å². The summed E-state index contributed by atoms with van der Waals surface area (Å²) >= 11 is 1.82. The number of hydrogen-bond donors (Lipinski definition) is 0. The lowest BCUT2D eigenvalue weighted by molar-refractivity contribution is 0.295. The third-order valence-corrected chi connectivity index (χ3v) is 6.22. The number of aryl methyl sites for hydroxylation is 1. The van der Waals surface area contributed by atoms with E-state index in [1.54, 1.807) is 0 Å². The molecule has 0 bridgehead atoms. The highest BCUT2D eigenvalue weighted by molar-refractivity contribution is 7.98. The first-order valence-corrected chi connectivity index (χ1v) is 11.5. The standard InChI is InChI=1S/C26H28N2OS/c1-19(2)22-14-13-20(3)17-25(22)29-16-15-28-24-12-8-7-11-23(24)27-26(28)18-30-21-9-5-4-6-10-21/h4-14,17,19H,15-16,18H2,1-3H3. The van der Waals surface area contributed by atoms with Gasteiger partial charge >= 0.3 is 0 Å². The fourth-order valence-corrected chi connectivity index (χ4v) is 4.51. The summed E-state index contributed by atoms with van der Waals surface area (Å²) in [7, 11) is 0. The van der Waals surface area contributed by atoms with Crippen molar-refractivity contribution in [3.63, 3.8) is 0 Å². The van der Waals surface area contributed by atoms with Crippen molar-refractivity contribution in [2.45, 2.75) is 43.9 Å². The molecular formula is C26H28N2OS. The Morgan fingerprint density at radius 2 is 1.73 bits per heavy atom. The van der Waals surface area contributed by atoms with Crippen LogP contribution in [0.1, 0.15) is 36.7 Å². The van der Waals surface area contributed by atoms with E-state index >= 15 is 0 Å². The van der Waals surface area contributed by atoms with Crippen molar-refractivity contribution in [2.24, 2.45) is 0 Å². The minimum atomic E-state index is 0.438. The number of benzene rings is 3. The Labute approximate surface area is 183 Å². The van der Waals surface area contributed by atoms with E-state index in [0.717, 1.165) is 34.9 Å². The van der Waals surface area contributed by atoms with Gasteiger partial charge in [0, 0.05) is 4.90 Å². The quantitative estimate of drug-likeness (QED) is 0.294. The second kappa shape index (κ2) is 9.40. The summed E-state index contributed by atoms with van der Waals surface area (Å²) in [5.74, 6) is 3.35. The van der Waals surface area contributed by atoms with E-state index in [9.17, 15) is 0 Å². The molecule has 30 heavy (non-hydrogen) atoms. The summed E-state index contributed by atoms with van der Waals surface area (Å²) in [6.45, 7) is 7.92. The van der Waals surface area contributed by atoms with Gasteiger partial charge in [-0.25, -0.2) is 4.98 Å². The average Bonchev–Trinajstić information content (AvgIpc) is 3.10. The molecule has 0 fully saturated rings. The molecule has 1 aromatic heterocycles. The second-order valence-corrected chi connectivity index (χ2v) is 8.86. The molecule has 4 heteroatoms. The van der Waals surface area contributed by atoms with Crippen LogP contribution in [0.2, 0.25) is 0 Å². The summed E-state index contributed by atoms with van der Waals surface area (Å²) in [4.78, 5) is 6.16. The summed E-state index contributed by atoms with van der Waals surface area (Å²) in [5, 5.41) is 0. The van der Waals surface area contributed by atoms with E-state index in [1.165, 1.54) is 16.0 Å². The molecule has 0 spiro atoms. The first-order valence-electron chi connectivity index (χ1n) is 10.5. The van der Waals surface area contributed by atoms with Gasteiger partial charge in [0.05, 0.1) is 23.3 Å². The highest BCUT2D eigenvalue weighted by Gasteiger charge is 2.12. The van der Waals surface area contributed by atoms with Crippen LogP contribution in [0.25, 0.3) is 11.0 Å². The van der Waals surface area contributed by atoms with Crippen LogP contribution in [-0.2, 0) is 12.3 Å². The Morgan fingerprint density at radius 3 is 2.53 bits per heavy atom. The second-order valence-electron chi connectivity index (χ2n) is 7.81. The predicted molar refractivity (Wildman–Crippen MR) is 126 cm³/mol. The van der Waals surface area contributed by atoms with Crippen molar-refractivity contribution in [3.8, 4) is 5.75 Å². The molecule has 1 heterocycles. The molecule has 0 saturated carbocycles. The lowest BCUT2D eigenvalue weighted by atomic mass is 10.0. The fraction of sp³-hybridized carbons (Fsp3) is 0.269. The zero-order valence-corrected chi connectivity index (χ0v) is 18.7. The molecule has 0 saturated heterocycles. The number of aromatic nitrogens is 2. The van der Waals surface area contributed by atoms with Gasteiger partial charge in [-0.1, -0.05) is 56.3 Å². The van der Waals surface area contributed by atoms with Gasteiger partial charge in [-0.15, -0.1) is 11.8 Å². The van der Waals surface area contributed by atoms with Gasteiger partial charge in [0.2, 0.25) is 0 Å². The van der Waals surface area contributed by atoms with Gasteiger partial charge in [0.25, 0.3) is 0 Å². The number of ether oxygens (including phenoxy) is 1. The summed E-state index contributed by atoms with van der Waals surface area (Å²) in [5.41, 5.74) is 4.69. The van der Waals surface area contributed by atoms with E-state index in [0.29, 0.717) is 12.5 Å². The van der Waals surface area contributed by atoms with E-state index < -0.39 is 0 Å². The van der Waals surface area contributed by atoms with Crippen LogP contribution in [0.3, 0.4) is 0 Å². The molecule has 0 radical (unpaired) electrons. The van der Waals surface area contributed by atoms with Crippen LogP contribution < -0.4 is 4.74 Å². The number of fused-ring (bicyclic) bond motifs is 1. The SMILES string of the molecule is Cc1ccc(C(C)C)c(OCCn2c(CSc3ccccc3)nc3ccccc32)c1. The van der Waals surface area contributed by atoms with Gasteiger partial charge in [0.1, 0.15) is 18.2 Å². The molecule has 0 atom stereocenters. The molecule has 0 amide bonds. The van der Waals surface area contributed by atoms with Gasteiger partial charge in [-0.05, 0) is 54.3 Å². The van der Waals surface area contributed by atoms with E-state index in [1.807, 2.05) is 23.9 Å². The Balaban J connectivity index is 1.53. The zero-order valence-electron chi connectivity index (χ0n) is 17.8. The van der Waals surface area contributed by atoms with E-state index in [4.69, 9.17) is 9.72 Å². The zero-order chi connectivity index (χ0) is 20.9. The van der Waals surface area contributed by atoms with Gasteiger partial charge in [-0.2, -0.15) is 0 Å². The maximum atomic E-state index is 6.26. The molecule has 0 unspecified atom stereocenters. The Kier molecular flexibility index (Phi) is 6.44. The molecule has 4 rings (SSSR count). The third-order valence-electron chi connectivity index (χ3n) is 5.21. The van der Waals surface area contributed by atoms with E-state index in [2.05, 4.69) is 86.0 Å². The number of para-hydroxylation sites is 2. The van der Waals surface area contributed by atoms with Crippen molar-refractivity contribution in [3.05, 3.63) is 89.7 Å². The maximum Gasteiger partial charge on any atom is 0.123 e.